The van der Waals surface area contributed by atoms with Crippen LogP contribution in [-0.2, 0) is 4.79 Å². The van der Waals surface area contributed by atoms with Gasteiger partial charge in [-0.3, -0.25) is 4.79 Å². The lowest BCUT2D eigenvalue weighted by Crippen LogP contribution is -2.14. The highest BCUT2D eigenvalue weighted by Gasteiger charge is 2.10. The molecule has 0 aliphatic rings. The molecule has 0 fully saturated rings. The molecule has 0 unspecified atom stereocenters. The smallest absolute Gasteiger partial charge is 0.234 e. The van der Waals surface area contributed by atoms with Crippen molar-refractivity contribution in [3.8, 4) is 0 Å². The van der Waals surface area contributed by atoms with Gasteiger partial charge in [-0.05, 0) is 38.1 Å². The second-order valence-corrected chi connectivity index (χ2v) is 5.40. The summed E-state index contributed by atoms with van der Waals surface area (Å²) in [6.07, 6.45) is 1.64. The maximum Gasteiger partial charge on any atom is 0.234 e. The van der Waals surface area contributed by atoms with Crippen LogP contribution >= 0.6 is 11.8 Å². The van der Waals surface area contributed by atoms with Gasteiger partial charge in [0.1, 0.15) is 12.1 Å². The van der Waals surface area contributed by atoms with Crippen LogP contribution in [0.4, 0.5) is 10.1 Å². The predicted molar refractivity (Wildman–Crippen MR) is 76.2 cm³/mol. The third-order valence-electron chi connectivity index (χ3n) is 2.56. The number of nitrogens with one attached hydrogen (secondary N) is 1. The number of aromatic nitrogens is 3. The molecular weight excluding hydrogens is 279 g/mol. The van der Waals surface area contributed by atoms with Crippen molar-refractivity contribution in [1.29, 1.82) is 0 Å². The third kappa shape index (κ3) is 3.80. The molecule has 0 radical (unpaired) electrons. The number of nitrogens with zero attached hydrogens (tertiary/aromatic N) is 3. The molecule has 1 N–H and O–H groups in total. The van der Waals surface area contributed by atoms with Crippen LogP contribution in [0.2, 0.25) is 0 Å². The number of thioether (sulfide) groups is 1. The van der Waals surface area contributed by atoms with Gasteiger partial charge in [0, 0.05) is 11.7 Å². The Morgan fingerprint density at radius 3 is 2.75 bits per heavy atom. The van der Waals surface area contributed by atoms with Gasteiger partial charge in [-0.15, -0.1) is 10.2 Å². The van der Waals surface area contributed by atoms with Crippen LogP contribution in [0.25, 0.3) is 0 Å². The Hall–Kier alpha value is -1.89. The Kier molecular flexibility index (Phi) is 4.73. The van der Waals surface area contributed by atoms with Gasteiger partial charge in [0.15, 0.2) is 5.16 Å². The summed E-state index contributed by atoms with van der Waals surface area (Å²) in [4.78, 5) is 11.8. The van der Waals surface area contributed by atoms with Gasteiger partial charge in [-0.25, -0.2) is 4.39 Å². The summed E-state index contributed by atoms with van der Waals surface area (Å²) in [5.41, 5.74) is 0.572. The van der Waals surface area contributed by atoms with E-state index < -0.39 is 0 Å². The molecule has 2 rings (SSSR count). The van der Waals surface area contributed by atoms with E-state index in [1.54, 1.807) is 6.33 Å². The van der Waals surface area contributed by atoms with E-state index in [1.165, 1.54) is 36.0 Å². The number of rotatable bonds is 5. The lowest BCUT2D eigenvalue weighted by atomic mass is 10.3. The lowest BCUT2D eigenvalue weighted by Gasteiger charge is -2.09. The Morgan fingerprint density at radius 1 is 1.40 bits per heavy atom. The highest BCUT2D eigenvalue weighted by molar-refractivity contribution is 7.99. The predicted octanol–water partition coefficient (Wildman–Crippen LogP) is 2.73. The number of anilines is 1. The minimum Gasteiger partial charge on any atom is -0.325 e. The Bertz CT molecular complexity index is 582. The molecule has 0 spiro atoms. The van der Waals surface area contributed by atoms with Crippen molar-refractivity contribution in [2.24, 2.45) is 0 Å². The summed E-state index contributed by atoms with van der Waals surface area (Å²) < 4.78 is 14.6. The fourth-order valence-corrected chi connectivity index (χ4v) is 2.39. The zero-order chi connectivity index (χ0) is 14.5. The number of carbonyl (C=O) groups excluding carboxylic acids is 1. The first-order chi connectivity index (χ1) is 9.56. The van der Waals surface area contributed by atoms with Gasteiger partial charge < -0.3 is 9.88 Å². The summed E-state index contributed by atoms with van der Waals surface area (Å²) >= 11 is 1.32. The quantitative estimate of drug-likeness (QED) is 0.861. The lowest BCUT2D eigenvalue weighted by molar-refractivity contribution is -0.113. The highest BCUT2D eigenvalue weighted by Crippen LogP contribution is 2.19. The maximum atomic E-state index is 12.7. The van der Waals surface area contributed by atoms with Crippen molar-refractivity contribution in [2.75, 3.05) is 11.1 Å². The van der Waals surface area contributed by atoms with Crippen LogP contribution in [0, 0.1) is 5.82 Å². The van der Waals surface area contributed by atoms with Crippen LogP contribution < -0.4 is 5.32 Å². The minimum atomic E-state index is -0.331. The van der Waals surface area contributed by atoms with E-state index in [1.807, 2.05) is 18.4 Å². The Morgan fingerprint density at radius 2 is 2.10 bits per heavy atom. The van der Waals surface area contributed by atoms with Crippen LogP contribution in [0.3, 0.4) is 0 Å². The summed E-state index contributed by atoms with van der Waals surface area (Å²) in [6.45, 7) is 4.04. The van der Waals surface area contributed by atoms with E-state index in [0.29, 0.717) is 10.8 Å². The van der Waals surface area contributed by atoms with Crippen molar-refractivity contribution in [3.05, 3.63) is 36.4 Å². The molecule has 106 valence electrons. The second-order valence-electron chi connectivity index (χ2n) is 4.46. The topological polar surface area (TPSA) is 59.8 Å². The number of benzene rings is 1. The first kappa shape index (κ1) is 14.5. The van der Waals surface area contributed by atoms with Crippen molar-refractivity contribution < 1.29 is 9.18 Å². The van der Waals surface area contributed by atoms with Crippen molar-refractivity contribution in [3.63, 3.8) is 0 Å². The van der Waals surface area contributed by atoms with E-state index in [9.17, 15) is 9.18 Å². The number of carbonyl (C=O) groups is 1. The van der Waals surface area contributed by atoms with Gasteiger partial charge in [0.05, 0.1) is 5.75 Å². The molecule has 0 saturated carbocycles. The molecule has 0 bridgehead atoms. The van der Waals surface area contributed by atoms with E-state index >= 15 is 0 Å². The molecule has 2 aromatic rings. The first-order valence-electron chi connectivity index (χ1n) is 6.14. The Labute approximate surface area is 120 Å². The molecule has 1 amide bonds. The van der Waals surface area contributed by atoms with E-state index in [-0.39, 0.29) is 23.5 Å². The van der Waals surface area contributed by atoms with Crippen LogP contribution in [0.15, 0.2) is 35.7 Å². The first-order valence-corrected chi connectivity index (χ1v) is 7.12. The largest absolute Gasteiger partial charge is 0.325 e. The van der Waals surface area contributed by atoms with E-state index in [2.05, 4.69) is 15.5 Å². The molecule has 5 nitrogen and oxygen atoms in total. The normalized spacial score (nSPS) is 10.8. The van der Waals surface area contributed by atoms with Crippen LogP contribution in [-0.4, -0.2) is 26.4 Å². The molecule has 1 aromatic heterocycles. The van der Waals surface area contributed by atoms with Gasteiger partial charge >= 0.3 is 0 Å². The average Bonchev–Trinajstić information content (AvgIpc) is 2.88. The molecule has 7 heteroatoms. The molecule has 0 aliphatic carbocycles. The summed E-state index contributed by atoms with van der Waals surface area (Å²) in [5, 5.41) is 11.2. The van der Waals surface area contributed by atoms with Crippen LogP contribution in [0.5, 0.6) is 0 Å². The zero-order valence-corrected chi connectivity index (χ0v) is 12.0. The molecule has 0 atom stereocenters. The molecule has 1 aromatic carbocycles. The molecular formula is C13H15FN4OS. The summed E-state index contributed by atoms with van der Waals surface area (Å²) in [7, 11) is 0. The maximum absolute atomic E-state index is 12.7. The number of amides is 1. The van der Waals surface area contributed by atoms with E-state index in [0.717, 1.165) is 0 Å². The second kappa shape index (κ2) is 6.51. The van der Waals surface area contributed by atoms with E-state index in [4.69, 9.17) is 0 Å². The standard InChI is InChI=1S/C13H15FN4OS/c1-9(2)18-8-15-17-13(18)20-7-12(19)16-11-5-3-10(14)4-6-11/h3-6,8-9H,7H2,1-2H3,(H,16,19). The van der Waals surface area contributed by atoms with Crippen molar-refractivity contribution in [2.45, 2.75) is 25.0 Å². The van der Waals surface area contributed by atoms with Gasteiger partial charge in [-0.2, -0.15) is 0 Å². The molecule has 1 heterocycles. The fourth-order valence-electron chi connectivity index (χ4n) is 1.55. The number of halogens is 1. The van der Waals surface area contributed by atoms with Gasteiger partial charge in [0.25, 0.3) is 0 Å². The van der Waals surface area contributed by atoms with Gasteiger partial charge in [0.2, 0.25) is 5.91 Å². The number of hydrogen-bond acceptors (Lipinski definition) is 4. The zero-order valence-electron chi connectivity index (χ0n) is 11.2. The summed E-state index contributed by atoms with van der Waals surface area (Å²) in [6, 6.07) is 5.90. The fraction of sp³-hybridized carbons (Fsp3) is 0.308. The molecule has 0 saturated heterocycles. The summed E-state index contributed by atoms with van der Waals surface area (Å²) in [5.74, 6) is -0.273. The van der Waals surface area contributed by atoms with Crippen molar-refractivity contribution >= 4 is 23.4 Å². The van der Waals surface area contributed by atoms with Crippen LogP contribution in [0.1, 0.15) is 19.9 Å². The minimum absolute atomic E-state index is 0.167. The molecule has 0 aliphatic heterocycles. The van der Waals surface area contributed by atoms with Gasteiger partial charge in [-0.1, -0.05) is 11.8 Å². The average molecular weight is 294 g/mol. The monoisotopic (exact) mass is 294 g/mol. The number of hydrogen-bond donors (Lipinski definition) is 1. The highest BCUT2D eigenvalue weighted by atomic mass is 32.2. The Balaban J connectivity index is 1.89. The van der Waals surface area contributed by atoms with Crippen molar-refractivity contribution in [1.82, 2.24) is 14.8 Å². The third-order valence-corrected chi connectivity index (χ3v) is 3.51. The molecule has 20 heavy (non-hydrogen) atoms. The SMILES string of the molecule is CC(C)n1cnnc1SCC(=O)Nc1ccc(F)cc1.